The largest absolute Gasteiger partial charge is 0.492 e. The van der Waals surface area contributed by atoms with Gasteiger partial charge in [0.05, 0.1) is 5.56 Å². The Labute approximate surface area is 160 Å². The lowest BCUT2D eigenvalue weighted by Crippen LogP contribution is -1.87. The van der Waals surface area contributed by atoms with Gasteiger partial charge >= 0.3 is 0 Å². The van der Waals surface area contributed by atoms with Gasteiger partial charge < -0.3 is 15.4 Å². The first-order chi connectivity index (χ1) is 13.1. The van der Waals surface area contributed by atoms with Crippen LogP contribution in [0.15, 0.2) is 94.7 Å². The minimum absolute atomic E-state index is 0.367. The Hall–Kier alpha value is -3.31. The van der Waals surface area contributed by atoms with Crippen molar-refractivity contribution in [3.05, 3.63) is 84.9 Å². The lowest BCUT2D eigenvalue weighted by molar-refractivity contribution is 0.131. The van der Waals surface area contributed by atoms with Crippen molar-refractivity contribution in [3.63, 3.8) is 0 Å². The summed E-state index contributed by atoms with van der Waals surface area (Å²) < 4.78 is 0.367. The van der Waals surface area contributed by atoms with Gasteiger partial charge in [-0.1, -0.05) is 72.4 Å². The fraction of sp³-hybridized carbons (Fsp3) is 0. The van der Waals surface area contributed by atoms with Gasteiger partial charge in [0.25, 0.3) is 0 Å². The van der Waals surface area contributed by atoms with Crippen LogP contribution in [0.5, 0.6) is 11.8 Å². The summed E-state index contributed by atoms with van der Waals surface area (Å²) in [7, 11) is 0. The highest BCUT2D eigenvalue weighted by atomic mass is 32.2. The van der Waals surface area contributed by atoms with E-state index in [4.69, 9.17) is 0 Å². The zero-order chi connectivity index (χ0) is 18.8. The third kappa shape index (κ3) is 3.37. The maximum Gasteiger partial charge on any atom is 0.237 e. The first kappa shape index (κ1) is 17.1. The van der Waals surface area contributed by atoms with Crippen LogP contribution < -0.4 is 0 Å². The fourth-order valence-corrected chi connectivity index (χ4v) is 3.89. The molecule has 3 N–H and O–H groups in total. The molecule has 0 unspecified atom stereocenters. The SMILES string of the molecule is Oc1cc(-c2ccccc2Sc2ccc(-c3ccccc3)cc2)c(O)n1O. The maximum atomic E-state index is 10.1. The predicted octanol–water partition coefficient (Wildman–Crippen LogP) is 5.62. The second-order valence-electron chi connectivity index (χ2n) is 6.04. The van der Waals surface area contributed by atoms with Crippen molar-refractivity contribution in [1.82, 2.24) is 4.73 Å². The quantitative estimate of drug-likeness (QED) is 0.405. The lowest BCUT2D eigenvalue weighted by atomic mass is 10.1. The third-order valence-corrected chi connectivity index (χ3v) is 5.38. The fourth-order valence-electron chi connectivity index (χ4n) is 2.93. The van der Waals surface area contributed by atoms with Crippen LogP contribution in [0.2, 0.25) is 0 Å². The summed E-state index contributed by atoms with van der Waals surface area (Å²) >= 11 is 1.55. The molecular weight excluding hydrogens is 358 g/mol. The summed E-state index contributed by atoms with van der Waals surface area (Å²) in [5.74, 6) is -0.797. The van der Waals surface area contributed by atoms with Gasteiger partial charge in [-0.15, -0.1) is 4.73 Å². The van der Waals surface area contributed by atoms with E-state index in [2.05, 4.69) is 36.4 Å². The predicted molar refractivity (Wildman–Crippen MR) is 106 cm³/mol. The molecule has 0 radical (unpaired) electrons. The minimum Gasteiger partial charge on any atom is -0.492 e. The molecule has 0 atom stereocenters. The van der Waals surface area contributed by atoms with Crippen LogP contribution in [-0.2, 0) is 0 Å². The molecule has 4 nitrogen and oxygen atoms in total. The molecule has 0 spiro atoms. The molecule has 0 saturated carbocycles. The van der Waals surface area contributed by atoms with Gasteiger partial charge in [0, 0.05) is 21.4 Å². The number of hydrogen-bond donors (Lipinski definition) is 3. The van der Waals surface area contributed by atoms with Crippen molar-refractivity contribution in [2.45, 2.75) is 9.79 Å². The Kier molecular flexibility index (Phi) is 4.52. The van der Waals surface area contributed by atoms with E-state index >= 15 is 0 Å². The molecular formula is C22H17NO3S. The van der Waals surface area contributed by atoms with Crippen LogP contribution in [-0.4, -0.2) is 20.2 Å². The molecule has 4 rings (SSSR count). The van der Waals surface area contributed by atoms with Gasteiger partial charge in [-0.2, -0.15) is 0 Å². The molecule has 134 valence electrons. The first-order valence-corrected chi connectivity index (χ1v) is 9.21. The molecule has 0 aliphatic rings. The number of rotatable bonds is 4. The number of benzene rings is 3. The van der Waals surface area contributed by atoms with E-state index < -0.39 is 5.88 Å². The molecule has 0 bridgehead atoms. The molecule has 1 heterocycles. The third-order valence-electron chi connectivity index (χ3n) is 4.30. The molecule has 0 aliphatic heterocycles. The summed E-state index contributed by atoms with van der Waals surface area (Å²) in [6.45, 7) is 0. The topological polar surface area (TPSA) is 65.6 Å². The molecule has 27 heavy (non-hydrogen) atoms. The van der Waals surface area contributed by atoms with E-state index in [1.165, 1.54) is 11.6 Å². The summed E-state index contributed by atoms with van der Waals surface area (Å²) in [6, 6.07) is 27.3. The maximum absolute atomic E-state index is 10.1. The van der Waals surface area contributed by atoms with E-state index in [1.54, 1.807) is 11.8 Å². The molecule has 4 aromatic rings. The van der Waals surface area contributed by atoms with Gasteiger partial charge in [0.1, 0.15) is 0 Å². The smallest absolute Gasteiger partial charge is 0.237 e. The Morgan fingerprint density at radius 3 is 1.96 bits per heavy atom. The van der Waals surface area contributed by atoms with E-state index in [0.717, 1.165) is 20.9 Å². The number of hydrogen-bond acceptors (Lipinski definition) is 4. The average Bonchev–Trinajstić information content (AvgIpc) is 2.97. The number of aromatic hydroxyl groups is 2. The Bertz CT molecular complexity index is 1070. The van der Waals surface area contributed by atoms with E-state index in [1.807, 2.05) is 42.5 Å². The normalized spacial score (nSPS) is 10.8. The zero-order valence-corrected chi connectivity index (χ0v) is 15.1. The van der Waals surface area contributed by atoms with Gasteiger partial charge in [0.15, 0.2) is 0 Å². The van der Waals surface area contributed by atoms with Crippen molar-refractivity contribution in [2.24, 2.45) is 0 Å². The highest BCUT2D eigenvalue weighted by Gasteiger charge is 2.17. The van der Waals surface area contributed by atoms with Gasteiger partial charge in [-0.05, 0) is 29.3 Å². The monoisotopic (exact) mass is 375 g/mol. The second kappa shape index (κ2) is 7.13. The first-order valence-electron chi connectivity index (χ1n) is 8.39. The zero-order valence-electron chi connectivity index (χ0n) is 14.3. The molecule has 1 aromatic heterocycles. The molecule has 0 amide bonds. The lowest BCUT2D eigenvalue weighted by Gasteiger charge is -2.09. The van der Waals surface area contributed by atoms with Gasteiger partial charge in [-0.25, -0.2) is 0 Å². The summed E-state index contributed by atoms with van der Waals surface area (Å²) in [5, 5.41) is 29.3. The molecule has 0 fully saturated rings. The van der Waals surface area contributed by atoms with E-state index in [9.17, 15) is 15.4 Å². The van der Waals surface area contributed by atoms with E-state index in [-0.39, 0.29) is 5.88 Å². The molecule has 0 aliphatic carbocycles. The van der Waals surface area contributed by atoms with Crippen LogP contribution >= 0.6 is 11.8 Å². The molecule has 0 saturated heterocycles. The van der Waals surface area contributed by atoms with Gasteiger partial charge in [-0.3, -0.25) is 0 Å². The highest BCUT2D eigenvalue weighted by Crippen LogP contribution is 2.41. The minimum atomic E-state index is -0.408. The van der Waals surface area contributed by atoms with Crippen molar-refractivity contribution >= 4 is 11.8 Å². The van der Waals surface area contributed by atoms with Crippen LogP contribution in [0.3, 0.4) is 0 Å². The highest BCUT2D eigenvalue weighted by molar-refractivity contribution is 7.99. The van der Waals surface area contributed by atoms with Crippen molar-refractivity contribution in [3.8, 4) is 34.0 Å². The standard InChI is InChI=1S/C22H17NO3S/c24-21-14-19(22(25)23(21)26)18-8-4-5-9-20(18)27-17-12-10-16(11-13-17)15-6-2-1-3-7-15/h1-14,24-26H. The Balaban J connectivity index is 1.65. The van der Waals surface area contributed by atoms with Gasteiger partial charge in [0.2, 0.25) is 11.8 Å². The summed E-state index contributed by atoms with van der Waals surface area (Å²) in [5.41, 5.74) is 3.42. The number of aromatic nitrogens is 1. The van der Waals surface area contributed by atoms with Crippen molar-refractivity contribution < 1.29 is 15.4 Å². The van der Waals surface area contributed by atoms with Crippen LogP contribution in [0.25, 0.3) is 22.3 Å². The summed E-state index contributed by atoms with van der Waals surface area (Å²) in [6.07, 6.45) is 0. The molecule has 5 heteroatoms. The number of nitrogens with zero attached hydrogens (tertiary/aromatic N) is 1. The van der Waals surface area contributed by atoms with Crippen LogP contribution in [0, 0.1) is 0 Å². The van der Waals surface area contributed by atoms with Crippen molar-refractivity contribution in [2.75, 3.05) is 0 Å². The van der Waals surface area contributed by atoms with Crippen LogP contribution in [0.4, 0.5) is 0 Å². The van der Waals surface area contributed by atoms with Crippen molar-refractivity contribution in [1.29, 1.82) is 0 Å². The Morgan fingerprint density at radius 1 is 0.667 bits per heavy atom. The molecule has 3 aromatic carbocycles. The Morgan fingerprint density at radius 2 is 1.30 bits per heavy atom. The van der Waals surface area contributed by atoms with E-state index in [0.29, 0.717) is 10.3 Å². The van der Waals surface area contributed by atoms with Crippen LogP contribution in [0.1, 0.15) is 0 Å². The second-order valence-corrected chi connectivity index (χ2v) is 7.16. The average molecular weight is 375 g/mol. The summed E-state index contributed by atoms with van der Waals surface area (Å²) in [4.78, 5) is 1.96.